The molecule has 21 heavy (non-hydrogen) atoms. The molecule has 1 heterocycles. The van der Waals surface area contributed by atoms with Crippen LogP contribution in [0.4, 0.5) is 13.2 Å². The Bertz CT molecular complexity index is 825. The summed E-state index contributed by atoms with van der Waals surface area (Å²) in [5.41, 5.74) is 1.45. The molecule has 0 spiro atoms. The summed E-state index contributed by atoms with van der Waals surface area (Å²) >= 11 is 8.00. The largest absolute Gasteiger partial charge is 0.295 e. The zero-order chi connectivity index (χ0) is 15.1. The average molecular weight is 423 g/mol. The molecule has 7 heteroatoms. The van der Waals surface area contributed by atoms with Gasteiger partial charge in [0.1, 0.15) is 5.82 Å². The van der Waals surface area contributed by atoms with Crippen LogP contribution in [-0.2, 0) is 5.88 Å². The highest BCUT2D eigenvalue weighted by Crippen LogP contribution is 2.26. The van der Waals surface area contributed by atoms with Crippen molar-refractivity contribution in [2.24, 2.45) is 0 Å². The molecular weight excluding hydrogens is 416 g/mol. The fraction of sp³-hybridized carbons (Fsp3) is 0.0714. The molecule has 0 aliphatic carbocycles. The Balaban J connectivity index is 2.33. The number of rotatable bonds is 2. The van der Waals surface area contributed by atoms with Crippen LogP contribution < -0.4 is 0 Å². The van der Waals surface area contributed by atoms with Crippen molar-refractivity contribution in [1.29, 1.82) is 0 Å². The maximum absolute atomic E-state index is 13.4. The fourth-order valence-electron chi connectivity index (χ4n) is 2.15. The lowest BCUT2D eigenvalue weighted by Gasteiger charge is -2.09. The molecule has 0 saturated carbocycles. The van der Waals surface area contributed by atoms with Crippen molar-refractivity contribution in [3.05, 3.63) is 57.2 Å². The van der Waals surface area contributed by atoms with Gasteiger partial charge in [-0.05, 0) is 40.8 Å². The minimum Gasteiger partial charge on any atom is -0.295 e. The number of hydrogen-bond donors (Lipinski definition) is 0. The van der Waals surface area contributed by atoms with E-state index in [4.69, 9.17) is 11.6 Å². The normalized spacial score (nSPS) is 11.3. The van der Waals surface area contributed by atoms with E-state index in [0.29, 0.717) is 16.9 Å². The van der Waals surface area contributed by atoms with E-state index in [-0.39, 0.29) is 11.6 Å². The molecule has 0 fully saturated rings. The van der Waals surface area contributed by atoms with Gasteiger partial charge in [-0.3, -0.25) is 4.57 Å². The Morgan fingerprint density at radius 2 is 1.76 bits per heavy atom. The van der Waals surface area contributed by atoms with Crippen molar-refractivity contribution in [2.45, 2.75) is 5.88 Å². The molecule has 0 aliphatic heterocycles. The van der Waals surface area contributed by atoms with Crippen LogP contribution in [0.3, 0.4) is 0 Å². The van der Waals surface area contributed by atoms with Crippen molar-refractivity contribution in [3.63, 3.8) is 0 Å². The van der Waals surface area contributed by atoms with E-state index in [2.05, 4.69) is 27.6 Å². The highest BCUT2D eigenvalue weighted by atomic mass is 127. The standard InChI is InChI=1S/C14H7ClF3IN2/c15-6-13-20-11-3-7(19)1-2-12(11)21(13)8-4-9(16)14(18)10(17)5-8/h1-5H,6H2. The van der Waals surface area contributed by atoms with E-state index in [9.17, 15) is 13.2 Å². The molecule has 2 nitrogen and oxygen atoms in total. The molecule has 0 bridgehead atoms. The number of halogens is 5. The molecule has 1 aromatic heterocycles. The Morgan fingerprint density at radius 3 is 2.38 bits per heavy atom. The van der Waals surface area contributed by atoms with Gasteiger partial charge in [-0.1, -0.05) is 0 Å². The van der Waals surface area contributed by atoms with Crippen molar-refractivity contribution in [2.75, 3.05) is 0 Å². The molecule has 3 aromatic rings. The third kappa shape index (κ3) is 2.50. The van der Waals surface area contributed by atoms with E-state index >= 15 is 0 Å². The first-order valence-electron chi connectivity index (χ1n) is 5.89. The maximum Gasteiger partial charge on any atom is 0.194 e. The molecule has 108 valence electrons. The number of fused-ring (bicyclic) bond motifs is 1. The molecule has 0 radical (unpaired) electrons. The second-order valence-electron chi connectivity index (χ2n) is 4.35. The minimum atomic E-state index is -1.50. The van der Waals surface area contributed by atoms with Gasteiger partial charge in [0.15, 0.2) is 17.5 Å². The lowest BCUT2D eigenvalue weighted by Crippen LogP contribution is -2.02. The molecule has 0 aliphatic rings. The molecule has 0 amide bonds. The quantitative estimate of drug-likeness (QED) is 0.330. The van der Waals surface area contributed by atoms with Gasteiger partial charge in [0, 0.05) is 15.7 Å². The molecule has 0 unspecified atom stereocenters. The first-order valence-corrected chi connectivity index (χ1v) is 7.50. The molecule has 3 rings (SSSR count). The van der Waals surface area contributed by atoms with Gasteiger partial charge >= 0.3 is 0 Å². The summed E-state index contributed by atoms with van der Waals surface area (Å²) in [6.45, 7) is 0. The molecule has 2 aromatic carbocycles. The van der Waals surface area contributed by atoms with Gasteiger partial charge in [0.2, 0.25) is 0 Å². The first-order chi connectivity index (χ1) is 10.0. The third-order valence-electron chi connectivity index (χ3n) is 3.03. The van der Waals surface area contributed by atoms with Crippen LogP contribution in [-0.4, -0.2) is 9.55 Å². The third-order valence-corrected chi connectivity index (χ3v) is 3.94. The molecular formula is C14H7ClF3IN2. The van der Waals surface area contributed by atoms with Crippen molar-refractivity contribution < 1.29 is 13.2 Å². The Morgan fingerprint density at radius 1 is 1.10 bits per heavy atom. The maximum atomic E-state index is 13.4. The summed E-state index contributed by atoms with van der Waals surface area (Å²) in [6.07, 6.45) is 0. The van der Waals surface area contributed by atoms with Crippen LogP contribution in [0.2, 0.25) is 0 Å². The second-order valence-corrected chi connectivity index (χ2v) is 5.87. The molecule has 0 saturated heterocycles. The second kappa shape index (κ2) is 5.49. The van der Waals surface area contributed by atoms with Gasteiger partial charge in [-0.25, -0.2) is 18.2 Å². The SMILES string of the molecule is Fc1cc(-n2c(CCl)nc3cc(I)ccc32)cc(F)c1F. The fourth-order valence-corrected chi connectivity index (χ4v) is 2.81. The topological polar surface area (TPSA) is 17.8 Å². The van der Waals surface area contributed by atoms with Gasteiger partial charge in [0.05, 0.1) is 22.6 Å². The number of imidazole rings is 1. The van der Waals surface area contributed by atoms with Gasteiger partial charge in [-0.15, -0.1) is 11.6 Å². The van der Waals surface area contributed by atoms with Crippen LogP contribution >= 0.6 is 34.2 Å². The monoisotopic (exact) mass is 422 g/mol. The number of benzene rings is 2. The number of hydrogen-bond acceptors (Lipinski definition) is 1. The van der Waals surface area contributed by atoms with E-state index in [1.807, 2.05) is 12.1 Å². The Hall–Kier alpha value is -1.28. The highest BCUT2D eigenvalue weighted by Gasteiger charge is 2.16. The lowest BCUT2D eigenvalue weighted by molar-refractivity contribution is 0.446. The van der Waals surface area contributed by atoms with Crippen LogP contribution in [0.15, 0.2) is 30.3 Å². The highest BCUT2D eigenvalue weighted by molar-refractivity contribution is 14.1. The Labute approximate surface area is 136 Å². The molecule has 0 atom stereocenters. The smallest absolute Gasteiger partial charge is 0.194 e. The van der Waals surface area contributed by atoms with Crippen LogP contribution in [0.1, 0.15) is 5.82 Å². The predicted molar refractivity (Wildman–Crippen MR) is 83.2 cm³/mol. The summed E-state index contributed by atoms with van der Waals surface area (Å²) in [4.78, 5) is 4.34. The predicted octanol–water partition coefficient (Wildman–Crippen LogP) is 4.79. The van der Waals surface area contributed by atoms with E-state index in [0.717, 1.165) is 15.7 Å². The van der Waals surface area contributed by atoms with Crippen LogP contribution in [0.5, 0.6) is 0 Å². The average Bonchev–Trinajstić information content (AvgIpc) is 2.81. The van der Waals surface area contributed by atoms with Gasteiger partial charge < -0.3 is 0 Å². The van der Waals surface area contributed by atoms with Crippen LogP contribution in [0, 0.1) is 21.0 Å². The number of alkyl halides is 1. The van der Waals surface area contributed by atoms with Crippen molar-refractivity contribution in [1.82, 2.24) is 9.55 Å². The lowest BCUT2D eigenvalue weighted by atomic mass is 10.2. The zero-order valence-corrected chi connectivity index (χ0v) is 13.3. The van der Waals surface area contributed by atoms with Gasteiger partial charge in [-0.2, -0.15) is 0 Å². The first kappa shape index (κ1) is 14.6. The number of aromatic nitrogens is 2. The van der Waals surface area contributed by atoms with E-state index in [1.165, 1.54) is 4.57 Å². The van der Waals surface area contributed by atoms with Gasteiger partial charge in [0.25, 0.3) is 0 Å². The summed E-state index contributed by atoms with van der Waals surface area (Å²) in [6, 6.07) is 7.30. The summed E-state index contributed by atoms with van der Waals surface area (Å²) in [7, 11) is 0. The summed E-state index contributed by atoms with van der Waals surface area (Å²) < 4.78 is 42.5. The number of nitrogens with zero attached hydrogens (tertiary/aromatic N) is 2. The van der Waals surface area contributed by atoms with Crippen LogP contribution in [0.25, 0.3) is 16.7 Å². The summed E-state index contributed by atoms with van der Waals surface area (Å²) in [5, 5.41) is 0. The minimum absolute atomic E-state index is 0.0614. The van der Waals surface area contributed by atoms with E-state index in [1.54, 1.807) is 6.07 Å². The summed E-state index contributed by atoms with van der Waals surface area (Å²) in [5.74, 6) is -3.51. The molecule has 0 N–H and O–H groups in total. The van der Waals surface area contributed by atoms with Crippen molar-refractivity contribution in [3.8, 4) is 5.69 Å². The Kier molecular flexibility index (Phi) is 3.83. The van der Waals surface area contributed by atoms with E-state index < -0.39 is 17.5 Å². The van der Waals surface area contributed by atoms with Crippen molar-refractivity contribution >= 4 is 45.2 Å². The zero-order valence-electron chi connectivity index (χ0n) is 10.4.